The fraction of sp³-hybridized carbons (Fsp3) is 0.462. The van der Waals surface area contributed by atoms with Crippen LogP contribution in [0.25, 0.3) is 11.1 Å². The van der Waals surface area contributed by atoms with Gasteiger partial charge in [-0.25, -0.2) is 0 Å². The van der Waals surface area contributed by atoms with Crippen LogP contribution in [0.1, 0.15) is 56.7 Å². The SMILES string of the molecule is Cc1nn(C)cc1-c1cc(N[C@H]2CC[C@@H](c3ccccc3)CC2)c(=O)n(CC(C)C)c1. The number of aryl methyl sites for hydroxylation is 2. The first-order valence-electron chi connectivity index (χ1n) is 11.5. The number of benzene rings is 1. The molecule has 1 aliphatic rings. The van der Waals surface area contributed by atoms with Gasteiger partial charge in [-0.15, -0.1) is 0 Å². The number of hydrogen-bond acceptors (Lipinski definition) is 3. The quantitative estimate of drug-likeness (QED) is 0.587. The molecule has 31 heavy (non-hydrogen) atoms. The summed E-state index contributed by atoms with van der Waals surface area (Å²) in [6.45, 7) is 7.02. The van der Waals surface area contributed by atoms with Crippen molar-refractivity contribution < 1.29 is 0 Å². The van der Waals surface area contributed by atoms with Gasteiger partial charge in [0.2, 0.25) is 0 Å². The summed E-state index contributed by atoms with van der Waals surface area (Å²) in [7, 11) is 1.94. The molecule has 1 aromatic carbocycles. The average molecular weight is 419 g/mol. The summed E-state index contributed by atoms with van der Waals surface area (Å²) in [6.07, 6.45) is 8.50. The van der Waals surface area contributed by atoms with Gasteiger partial charge in [0.1, 0.15) is 5.69 Å². The zero-order chi connectivity index (χ0) is 22.0. The van der Waals surface area contributed by atoms with Crippen LogP contribution in [0, 0.1) is 12.8 Å². The van der Waals surface area contributed by atoms with E-state index in [1.807, 2.05) is 41.7 Å². The maximum absolute atomic E-state index is 13.2. The summed E-state index contributed by atoms with van der Waals surface area (Å²) in [5.74, 6) is 1.03. The number of nitrogens with zero attached hydrogens (tertiary/aromatic N) is 3. The van der Waals surface area contributed by atoms with Gasteiger partial charge in [0, 0.05) is 43.2 Å². The van der Waals surface area contributed by atoms with Gasteiger partial charge in [0.25, 0.3) is 5.56 Å². The second kappa shape index (κ2) is 9.13. The molecule has 0 unspecified atom stereocenters. The second-order valence-electron chi connectivity index (χ2n) is 9.40. The molecule has 0 amide bonds. The van der Waals surface area contributed by atoms with Crippen LogP contribution in [0.2, 0.25) is 0 Å². The molecule has 164 valence electrons. The van der Waals surface area contributed by atoms with E-state index in [1.165, 1.54) is 5.56 Å². The largest absolute Gasteiger partial charge is 0.378 e. The third-order valence-corrected chi connectivity index (χ3v) is 6.33. The van der Waals surface area contributed by atoms with Crippen molar-refractivity contribution in [2.75, 3.05) is 5.32 Å². The zero-order valence-corrected chi connectivity index (χ0v) is 19.1. The van der Waals surface area contributed by atoms with E-state index >= 15 is 0 Å². The lowest BCUT2D eigenvalue weighted by atomic mass is 9.82. The highest BCUT2D eigenvalue weighted by Gasteiger charge is 2.23. The first-order valence-corrected chi connectivity index (χ1v) is 11.5. The third-order valence-electron chi connectivity index (χ3n) is 6.33. The van der Waals surface area contributed by atoms with Gasteiger partial charge in [-0.1, -0.05) is 44.2 Å². The normalized spacial score (nSPS) is 19.0. The summed E-state index contributed by atoms with van der Waals surface area (Å²) in [5.41, 5.74) is 5.33. The molecule has 1 aliphatic carbocycles. The molecular weight excluding hydrogens is 384 g/mol. The van der Waals surface area contributed by atoms with Crippen LogP contribution in [0.5, 0.6) is 0 Å². The molecule has 5 nitrogen and oxygen atoms in total. The number of rotatable bonds is 6. The van der Waals surface area contributed by atoms with E-state index in [9.17, 15) is 4.79 Å². The first-order chi connectivity index (χ1) is 14.9. The predicted octanol–water partition coefficient (Wildman–Crippen LogP) is 5.35. The number of anilines is 1. The van der Waals surface area contributed by atoms with Crippen molar-refractivity contribution in [3.63, 3.8) is 0 Å². The Balaban J connectivity index is 1.57. The Morgan fingerprint density at radius 1 is 1.10 bits per heavy atom. The Morgan fingerprint density at radius 3 is 2.42 bits per heavy atom. The molecule has 0 atom stereocenters. The van der Waals surface area contributed by atoms with Gasteiger partial charge in [-0.05, 0) is 56.1 Å². The highest BCUT2D eigenvalue weighted by molar-refractivity contribution is 5.68. The van der Waals surface area contributed by atoms with Gasteiger partial charge < -0.3 is 9.88 Å². The molecule has 4 rings (SSSR count). The molecular formula is C26H34N4O. The van der Waals surface area contributed by atoms with Crippen molar-refractivity contribution in [1.29, 1.82) is 0 Å². The zero-order valence-electron chi connectivity index (χ0n) is 19.1. The monoisotopic (exact) mass is 418 g/mol. The van der Waals surface area contributed by atoms with Crippen LogP contribution < -0.4 is 10.9 Å². The van der Waals surface area contributed by atoms with E-state index in [4.69, 9.17) is 0 Å². The average Bonchev–Trinajstić information content (AvgIpc) is 3.09. The topological polar surface area (TPSA) is 51.9 Å². The van der Waals surface area contributed by atoms with E-state index in [2.05, 4.69) is 54.6 Å². The maximum atomic E-state index is 13.2. The molecule has 3 aromatic rings. The lowest BCUT2D eigenvalue weighted by Crippen LogP contribution is -2.31. The fourth-order valence-electron chi connectivity index (χ4n) is 4.81. The summed E-state index contributed by atoms with van der Waals surface area (Å²) in [6, 6.07) is 13.2. The highest BCUT2D eigenvalue weighted by atomic mass is 16.1. The van der Waals surface area contributed by atoms with Crippen LogP contribution in [0.4, 0.5) is 5.69 Å². The molecule has 0 radical (unpaired) electrons. The minimum absolute atomic E-state index is 0.0733. The minimum Gasteiger partial charge on any atom is -0.378 e. The predicted molar refractivity (Wildman–Crippen MR) is 128 cm³/mol. The molecule has 0 saturated heterocycles. The van der Waals surface area contributed by atoms with Crippen LogP contribution in [0.3, 0.4) is 0 Å². The number of hydrogen-bond donors (Lipinski definition) is 1. The van der Waals surface area contributed by atoms with Crippen molar-refractivity contribution in [3.05, 3.63) is 70.4 Å². The fourth-order valence-corrected chi connectivity index (χ4v) is 4.81. The van der Waals surface area contributed by atoms with Crippen molar-refractivity contribution >= 4 is 5.69 Å². The van der Waals surface area contributed by atoms with Crippen molar-refractivity contribution in [3.8, 4) is 11.1 Å². The van der Waals surface area contributed by atoms with Crippen molar-refractivity contribution in [2.45, 2.75) is 65.0 Å². The van der Waals surface area contributed by atoms with Gasteiger partial charge in [0.15, 0.2) is 0 Å². The third kappa shape index (κ3) is 4.92. The van der Waals surface area contributed by atoms with E-state index in [0.29, 0.717) is 30.1 Å². The van der Waals surface area contributed by atoms with Gasteiger partial charge in [-0.3, -0.25) is 9.48 Å². The minimum atomic E-state index is 0.0733. The highest BCUT2D eigenvalue weighted by Crippen LogP contribution is 2.34. The molecule has 0 spiro atoms. The summed E-state index contributed by atoms with van der Waals surface area (Å²) < 4.78 is 3.70. The number of pyridine rings is 1. The van der Waals surface area contributed by atoms with E-state index in [1.54, 1.807) is 0 Å². The van der Waals surface area contributed by atoms with Crippen LogP contribution in [0.15, 0.2) is 53.6 Å². The Labute approximate surface area is 185 Å². The van der Waals surface area contributed by atoms with Crippen LogP contribution in [-0.4, -0.2) is 20.4 Å². The lowest BCUT2D eigenvalue weighted by Gasteiger charge is -2.30. The van der Waals surface area contributed by atoms with Gasteiger partial charge in [-0.2, -0.15) is 5.10 Å². The van der Waals surface area contributed by atoms with E-state index < -0.39 is 0 Å². The molecule has 5 heteroatoms. The summed E-state index contributed by atoms with van der Waals surface area (Å²) in [4.78, 5) is 13.2. The van der Waals surface area contributed by atoms with Crippen molar-refractivity contribution in [1.82, 2.24) is 14.3 Å². The van der Waals surface area contributed by atoms with E-state index in [0.717, 1.165) is 42.5 Å². The molecule has 1 fully saturated rings. The molecule has 1 saturated carbocycles. The van der Waals surface area contributed by atoms with Gasteiger partial charge >= 0.3 is 0 Å². The van der Waals surface area contributed by atoms with E-state index in [-0.39, 0.29) is 5.56 Å². The molecule has 1 N–H and O–H groups in total. The van der Waals surface area contributed by atoms with Gasteiger partial charge in [0.05, 0.1) is 5.69 Å². The molecule has 0 aliphatic heterocycles. The Morgan fingerprint density at radius 2 is 1.81 bits per heavy atom. The molecule has 0 bridgehead atoms. The Bertz CT molecular complexity index is 1070. The van der Waals surface area contributed by atoms with Crippen molar-refractivity contribution in [2.24, 2.45) is 13.0 Å². The summed E-state index contributed by atoms with van der Waals surface area (Å²) in [5, 5.41) is 8.10. The Hall–Kier alpha value is -2.82. The standard InChI is InChI=1S/C26H34N4O/c1-18(2)15-30-16-22(24-17-29(4)28-19(24)3)14-25(26(30)31)27-23-12-10-21(11-13-23)20-8-6-5-7-9-20/h5-9,14,16-18,21,23,27H,10-13,15H2,1-4H3/t21-,23+. The Kier molecular flexibility index (Phi) is 6.30. The van der Waals surface area contributed by atoms with Crippen LogP contribution >= 0.6 is 0 Å². The molecule has 2 aromatic heterocycles. The number of nitrogens with one attached hydrogen (secondary N) is 1. The summed E-state index contributed by atoms with van der Waals surface area (Å²) >= 11 is 0. The second-order valence-corrected chi connectivity index (χ2v) is 9.40. The smallest absolute Gasteiger partial charge is 0.273 e. The first kappa shape index (κ1) is 21.4. The molecule has 2 heterocycles. The maximum Gasteiger partial charge on any atom is 0.273 e. The lowest BCUT2D eigenvalue weighted by molar-refractivity contribution is 0.411. The number of aromatic nitrogens is 3. The van der Waals surface area contributed by atoms with Crippen LogP contribution in [-0.2, 0) is 13.6 Å².